The molecule has 1 amide bonds. The Kier molecular flexibility index (Phi) is 8.83. The summed E-state index contributed by atoms with van der Waals surface area (Å²) in [6, 6.07) is 8.17. The van der Waals surface area contributed by atoms with Gasteiger partial charge in [-0.3, -0.25) is 19.7 Å². The average Bonchev–Trinajstić information content (AvgIpc) is 2.72. The van der Waals surface area contributed by atoms with Crippen LogP contribution in [0.5, 0.6) is 11.5 Å². The highest BCUT2D eigenvalue weighted by atomic mass is 35.5. The smallest absolute Gasteiger partial charge is 0.308 e. The summed E-state index contributed by atoms with van der Waals surface area (Å²) < 4.78 is 15.8. The number of methoxy groups -OCH3 is 1. The first-order chi connectivity index (χ1) is 15.2. The van der Waals surface area contributed by atoms with E-state index in [1.165, 1.54) is 13.2 Å². The van der Waals surface area contributed by atoms with Crippen molar-refractivity contribution in [3.8, 4) is 11.5 Å². The summed E-state index contributed by atoms with van der Waals surface area (Å²) in [5, 5.41) is 14.6. The van der Waals surface area contributed by atoms with Crippen LogP contribution in [0.25, 0.3) is 0 Å². The molecule has 2 aromatic rings. The van der Waals surface area contributed by atoms with Crippen molar-refractivity contribution in [2.45, 2.75) is 39.3 Å². The summed E-state index contributed by atoms with van der Waals surface area (Å²) in [6.07, 6.45) is -0.558. The van der Waals surface area contributed by atoms with Crippen molar-refractivity contribution in [1.29, 1.82) is 0 Å². The van der Waals surface area contributed by atoms with Gasteiger partial charge in [0.15, 0.2) is 11.5 Å². The van der Waals surface area contributed by atoms with Gasteiger partial charge in [-0.2, -0.15) is 0 Å². The van der Waals surface area contributed by atoms with Gasteiger partial charge in [0, 0.05) is 11.1 Å². The summed E-state index contributed by atoms with van der Waals surface area (Å²) in [7, 11) is 1.36. The van der Waals surface area contributed by atoms with Crippen LogP contribution in [0.3, 0.4) is 0 Å². The van der Waals surface area contributed by atoms with Crippen molar-refractivity contribution >= 4 is 29.2 Å². The molecule has 0 aliphatic heterocycles. The molecule has 2 aromatic carbocycles. The Bertz CT molecular complexity index is 994. The van der Waals surface area contributed by atoms with E-state index < -0.39 is 28.5 Å². The molecule has 0 spiro atoms. The minimum atomic E-state index is -0.875. The monoisotopic (exact) mass is 464 g/mol. The molecule has 1 atom stereocenters. The minimum absolute atomic E-state index is 0.140. The third-order valence-electron chi connectivity index (χ3n) is 4.35. The second kappa shape index (κ2) is 11.3. The fraction of sp³-hybridized carbons (Fsp3) is 0.364. The molecule has 1 N–H and O–H groups in total. The zero-order valence-corrected chi connectivity index (χ0v) is 19.0. The summed E-state index contributed by atoms with van der Waals surface area (Å²) in [6.45, 7) is 5.38. The van der Waals surface area contributed by atoms with E-state index in [1.54, 1.807) is 45.0 Å². The van der Waals surface area contributed by atoms with Crippen molar-refractivity contribution in [2.75, 3.05) is 13.7 Å². The number of nitro groups is 1. The fourth-order valence-corrected chi connectivity index (χ4v) is 3.29. The number of nitro benzene ring substituents is 1. The van der Waals surface area contributed by atoms with Gasteiger partial charge in [0.1, 0.15) is 5.56 Å². The Morgan fingerprint density at radius 3 is 2.44 bits per heavy atom. The second-order valence-corrected chi connectivity index (χ2v) is 7.41. The van der Waals surface area contributed by atoms with E-state index in [9.17, 15) is 19.7 Å². The molecule has 0 heterocycles. The molecular formula is C22H25ClN2O7. The van der Waals surface area contributed by atoms with Crippen LogP contribution in [0.15, 0.2) is 36.4 Å². The second-order valence-electron chi connectivity index (χ2n) is 7.00. The van der Waals surface area contributed by atoms with E-state index in [4.69, 9.17) is 25.8 Å². The van der Waals surface area contributed by atoms with E-state index in [1.807, 2.05) is 0 Å². The zero-order valence-electron chi connectivity index (χ0n) is 18.2. The maximum atomic E-state index is 13.1. The third-order valence-corrected chi connectivity index (χ3v) is 4.69. The lowest BCUT2D eigenvalue weighted by Gasteiger charge is -2.21. The van der Waals surface area contributed by atoms with Crippen LogP contribution < -0.4 is 14.8 Å². The molecule has 0 saturated heterocycles. The van der Waals surface area contributed by atoms with Crippen molar-refractivity contribution in [2.24, 2.45) is 0 Å². The molecule has 0 aliphatic rings. The number of nitrogens with zero attached hydrogens (tertiary/aromatic N) is 1. The van der Waals surface area contributed by atoms with Crippen molar-refractivity contribution in [1.82, 2.24) is 5.32 Å². The summed E-state index contributed by atoms with van der Waals surface area (Å²) in [5.41, 5.74) is -0.234. The van der Waals surface area contributed by atoms with Crippen LogP contribution in [0, 0.1) is 10.1 Å². The Hall–Kier alpha value is -3.33. The van der Waals surface area contributed by atoms with E-state index in [0.717, 1.165) is 6.07 Å². The van der Waals surface area contributed by atoms with Crippen molar-refractivity contribution in [3.63, 3.8) is 0 Å². The molecular weight excluding hydrogens is 440 g/mol. The van der Waals surface area contributed by atoms with Gasteiger partial charge in [-0.1, -0.05) is 29.8 Å². The van der Waals surface area contributed by atoms with Gasteiger partial charge in [-0.05, 0) is 32.4 Å². The highest BCUT2D eigenvalue weighted by Gasteiger charge is 2.28. The predicted molar refractivity (Wildman–Crippen MR) is 118 cm³/mol. The first-order valence-electron chi connectivity index (χ1n) is 9.91. The number of hydrogen-bond donors (Lipinski definition) is 1. The number of amides is 1. The standard InChI is InChI=1S/C22H25ClN2O7/c1-5-31-20-12-18(25(28)29)15(10-19(20)30-4)22(27)24-17(11-21(26)32-13(2)3)14-8-6-7-9-16(14)23/h6-10,12-13,17H,5,11H2,1-4H3,(H,24,27). The molecule has 9 nitrogen and oxygen atoms in total. The Balaban J connectivity index is 2.45. The topological polar surface area (TPSA) is 117 Å². The fourth-order valence-electron chi connectivity index (χ4n) is 3.02. The third kappa shape index (κ3) is 6.34. The molecule has 1 unspecified atom stereocenters. The number of rotatable bonds is 10. The number of benzene rings is 2. The van der Waals surface area contributed by atoms with Crippen molar-refractivity contribution in [3.05, 3.63) is 62.7 Å². The molecule has 2 rings (SSSR count). The number of nitrogens with one attached hydrogen (secondary N) is 1. The molecule has 172 valence electrons. The molecule has 0 bridgehead atoms. The van der Waals surface area contributed by atoms with Crippen LogP contribution >= 0.6 is 11.6 Å². The average molecular weight is 465 g/mol. The van der Waals surface area contributed by atoms with E-state index in [-0.39, 0.29) is 36.2 Å². The molecule has 32 heavy (non-hydrogen) atoms. The molecule has 0 aliphatic carbocycles. The maximum Gasteiger partial charge on any atom is 0.308 e. The van der Waals surface area contributed by atoms with E-state index in [2.05, 4.69) is 5.32 Å². The van der Waals surface area contributed by atoms with Gasteiger partial charge >= 0.3 is 5.97 Å². The van der Waals surface area contributed by atoms with Gasteiger partial charge in [0.25, 0.3) is 11.6 Å². The lowest BCUT2D eigenvalue weighted by Crippen LogP contribution is -2.31. The van der Waals surface area contributed by atoms with Crippen LogP contribution in [-0.4, -0.2) is 36.6 Å². The van der Waals surface area contributed by atoms with Gasteiger partial charge in [-0.25, -0.2) is 0 Å². The van der Waals surface area contributed by atoms with Crippen LogP contribution in [-0.2, 0) is 9.53 Å². The number of esters is 1. The Morgan fingerprint density at radius 1 is 1.19 bits per heavy atom. The lowest BCUT2D eigenvalue weighted by atomic mass is 10.0. The lowest BCUT2D eigenvalue weighted by molar-refractivity contribution is -0.385. The highest BCUT2D eigenvalue weighted by Crippen LogP contribution is 2.35. The van der Waals surface area contributed by atoms with Gasteiger partial charge in [0.2, 0.25) is 0 Å². The van der Waals surface area contributed by atoms with Gasteiger partial charge in [-0.15, -0.1) is 0 Å². The van der Waals surface area contributed by atoms with Crippen molar-refractivity contribution < 1.29 is 28.7 Å². The SMILES string of the molecule is CCOc1cc([N+](=O)[O-])c(C(=O)NC(CC(=O)OC(C)C)c2ccccc2Cl)cc1OC. The molecule has 0 radical (unpaired) electrons. The number of carbonyl (C=O) groups excluding carboxylic acids is 2. The van der Waals surface area contributed by atoms with E-state index in [0.29, 0.717) is 10.6 Å². The van der Waals surface area contributed by atoms with Crippen LogP contribution in [0.4, 0.5) is 5.69 Å². The number of carbonyl (C=O) groups is 2. The largest absolute Gasteiger partial charge is 0.493 e. The molecule has 0 fully saturated rings. The summed E-state index contributed by atoms with van der Waals surface area (Å²) in [5.74, 6) is -1.03. The predicted octanol–water partition coefficient (Wildman–Crippen LogP) is 4.47. The maximum absolute atomic E-state index is 13.1. The minimum Gasteiger partial charge on any atom is -0.493 e. The summed E-state index contributed by atoms with van der Waals surface area (Å²) >= 11 is 6.27. The number of halogens is 1. The molecule has 0 aromatic heterocycles. The molecule has 0 saturated carbocycles. The van der Waals surface area contributed by atoms with Crippen LogP contribution in [0.2, 0.25) is 5.02 Å². The normalized spacial score (nSPS) is 11.6. The zero-order chi connectivity index (χ0) is 23.8. The van der Waals surface area contributed by atoms with E-state index >= 15 is 0 Å². The Morgan fingerprint density at radius 2 is 1.88 bits per heavy atom. The first kappa shape index (κ1) is 24.9. The number of hydrogen-bond acceptors (Lipinski definition) is 7. The summed E-state index contributed by atoms with van der Waals surface area (Å²) in [4.78, 5) is 36.3. The van der Waals surface area contributed by atoms with Gasteiger partial charge < -0.3 is 19.5 Å². The Labute approximate surface area is 190 Å². The highest BCUT2D eigenvalue weighted by molar-refractivity contribution is 6.31. The van der Waals surface area contributed by atoms with Crippen LogP contribution in [0.1, 0.15) is 49.2 Å². The molecule has 10 heteroatoms. The van der Waals surface area contributed by atoms with Gasteiger partial charge in [0.05, 0.1) is 43.3 Å². The number of ether oxygens (including phenoxy) is 3. The first-order valence-corrected chi connectivity index (χ1v) is 10.3. The quantitative estimate of drug-likeness (QED) is 0.313.